The average Bonchev–Trinajstić information content (AvgIpc) is 2.44. The van der Waals surface area contributed by atoms with Gasteiger partial charge >= 0.3 is 0 Å². The summed E-state index contributed by atoms with van der Waals surface area (Å²) in [7, 11) is 0. The molecular weight excluding hydrogens is 272 g/mol. The Hall–Kier alpha value is -0.600. The molecule has 0 aromatic heterocycles. The van der Waals surface area contributed by atoms with E-state index < -0.39 is 11.7 Å². The standard InChI is InChI=1S/C20H32O2/c1-6-18(4)10-11-20(22)14(13-18)15(21)12-16-17(2,3)8-7-9-19(16,20)5/h6,13,15-16,21-22H,1,7-12H2,2-5H3/t15-,16-,18-,19-,20+/m0/s1. The van der Waals surface area contributed by atoms with Crippen molar-refractivity contribution in [3.8, 4) is 0 Å². The minimum absolute atomic E-state index is 0.101. The van der Waals surface area contributed by atoms with Crippen molar-refractivity contribution in [2.75, 3.05) is 0 Å². The van der Waals surface area contributed by atoms with Gasteiger partial charge < -0.3 is 10.2 Å². The van der Waals surface area contributed by atoms with Gasteiger partial charge in [0.15, 0.2) is 0 Å². The second kappa shape index (κ2) is 4.70. The van der Waals surface area contributed by atoms with E-state index >= 15 is 0 Å². The lowest BCUT2D eigenvalue weighted by Crippen LogP contribution is -2.64. The van der Waals surface area contributed by atoms with E-state index in [-0.39, 0.29) is 16.2 Å². The summed E-state index contributed by atoms with van der Waals surface area (Å²) in [5, 5.41) is 22.5. The average molecular weight is 304 g/mol. The number of allylic oxidation sites excluding steroid dienone is 2. The number of aliphatic hydroxyl groups excluding tert-OH is 1. The lowest BCUT2D eigenvalue weighted by Gasteiger charge is -2.64. The SMILES string of the molecule is C=C[C@]1(C)C=C2[C@@H](O)C[C@H]3C(C)(C)CCC[C@]3(C)[C@@]2(O)CC1. The topological polar surface area (TPSA) is 40.5 Å². The smallest absolute Gasteiger partial charge is 0.0938 e. The predicted molar refractivity (Wildman–Crippen MR) is 90.4 cm³/mol. The van der Waals surface area contributed by atoms with Crippen LogP contribution in [0.5, 0.6) is 0 Å². The molecule has 2 heteroatoms. The van der Waals surface area contributed by atoms with Crippen LogP contribution in [-0.4, -0.2) is 21.9 Å². The van der Waals surface area contributed by atoms with Crippen molar-refractivity contribution in [3.63, 3.8) is 0 Å². The number of fused-ring (bicyclic) bond motifs is 3. The molecule has 3 rings (SSSR count). The molecule has 0 aromatic carbocycles. The second-order valence-corrected chi connectivity index (χ2v) is 9.23. The van der Waals surface area contributed by atoms with Crippen molar-refractivity contribution < 1.29 is 10.2 Å². The summed E-state index contributed by atoms with van der Waals surface area (Å²) in [6.45, 7) is 13.0. The Balaban J connectivity index is 2.12. The van der Waals surface area contributed by atoms with Crippen LogP contribution >= 0.6 is 0 Å². The molecule has 2 N–H and O–H groups in total. The monoisotopic (exact) mass is 304 g/mol. The van der Waals surface area contributed by atoms with Crippen LogP contribution in [0.4, 0.5) is 0 Å². The predicted octanol–water partition coefficient (Wildman–Crippen LogP) is 4.23. The highest BCUT2D eigenvalue weighted by molar-refractivity contribution is 5.36. The minimum atomic E-state index is -0.852. The maximum Gasteiger partial charge on any atom is 0.0938 e. The van der Waals surface area contributed by atoms with Crippen LogP contribution in [0.3, 0.4) is 0 Å². The van der Waals surface area contributed by atoms with Gasteiger partial charge in [-0.15, -0.1) is 6.58 Å². The van der Waals surface area contributed by atoms with Crippen molar-refractivity contribution in [2.45, 2.75) is 77.9 Å². The molecule has 0 aromatic rings. The molecular formula is C20H32O2. The third kappa shape index (κ3) is 1.99. The van der Waals surface area contributed by atoms with E-state index in [9.17, 15) is 10.2 Å². The van der Waals surface area contributed by atoms with Crippen LogP contribution in [0.2, 0.25) is 0 Å². The number of hydrogen-bond acceptors (Lipinski definition) is 2. The molecule has 124 valence electrons. The van der Waals surface area contributed by atoms with Crippen molar-refractivity contribution >= 4 is 0 Å². The van der Waals surface area contributed by atoms with Gasteiger partial charge in [0, 0.05) is 10.8 Å². The summed E-state index contributed by atoms with van der Waals surface area (Å²) in [5.41, 5.74) is -0.0139. The van der Waals surface area contributed by atoms with E-state index in [0.29, 0.717) is 5.92 Å². The summed E-state index contributed by atoms with van der Waals surface area (Å²) < 4.78 is 0. The highest BCUT2D eigenvalue weighted by Crippen LogP contribution is 2.65. The maximum absolute atomic E-state index is 11.7. The molecule has 5 atom stereocenters. The molecule has 3 aliphatic carbocycles. The van der Waals surface area contributed by atoms with E-state index in [1.54, 1.807) is 0 Å². The van der Waals surface area contributed by atoms with Gasteiger partial charge in [0.25, 0.3) is 0 Å². The molecule has 0 spiro atoms. The fourth-order valence-electron chi connectivity index (χ4n) is 5.84. The molecule has 22 heavy (non-hydrogen) atoms. The molecule has 0 heterocycles. The van der Waals surface area contributed by atoms with E-state index in [2.05, 4.69) is 40.3 Å². The van der Waals surface area contributed by atoms with Crippen molar-refractivity contribution in [2.24, 2.45) is 22.2 Å². The third-order valence-corrected chi connectivity index (χ3v) is 7.45. The van der Waals surface area contributed by atoms with Crippen LogP contribution in [0.15, 0.2) is 24.3 Å². The number of hydrogen-bond donors (Lipinski definition) is 2. The van der Waals surface area contributed by atoms with Gasteiger partial charge in [-0.2, -0.15) is 0 Å². The first-order chi connectivity index (χ1) is 10.1. The first-order valence-corrected chi connectivity index (χ1v) is 8.85. The Morgan fingerprint density at radius 2 is 1.82 bits per heavy atom. The van der Waals surface area contributed by atoms with Gasteiger partial charge in [-0.25, -0.2) is 0 Å². The molecule has 0 amide bonds. The van der Waals surface area contributed by atoms with E-state index in [1.807, 2.05) is 6.08 Å². The van der Waals surface area contributed by atoms with Crippen molar-refractivity contribution in [1.29, 1.82) is 0 Å². The Bertz CT molecular complexity index is 520. The van der Waals surface area contributed by atoms with Gasteiger partial charge in [-0.1, -0.05) is 46.3 Å². The van der Waals surface area contributed by atoms with Gasteiger partial charge in [-0.05, 0) is 49.0 Å². The molecule has 2 fully saturated rings. The molecule has 3 aliphatic rings. The van der Waals surface area contributed by atoms with Crippen LogP contribution in [0, 0.1) is 22.2 Å². The molecule has 2 nitrogen and oxygen atoms in total. The highest BCUT2D eigenvalue weighted by atomic mass is 16.3. The summed E-state index contributed by atoms with van der Waals surface area (Å²) in [6.07, 6.45) is 9.43. The number of rotatable bonds is 1. The maximum atomic E-state index is 11.7. The zero-order valence-corrected chi connectivity index (χ0v) is 14.7. The molecule has 0 radical (unpaired) electrons. The lowest BCUT2D eigenvalue weighted by atomic mass is 9.43. The van der Waals surface area contributed by atoms with Crippen LogP contribution in [0.25, 0.3) is 0 Å². The van der Waals surface area contributed by atoms with E-state index in [4.69, 9.17) is 0 Å². The normalized spacial score (nSPS) is 50.5. The molecule has 0 unspecified atom stereocenters. The molecule has 0 aliphatic heterocycles. The minimum Gasteiger partial charge on any atom is -0.389 e. The van der Waals surface area contributed by atoms with Crippen LogP contribution in [-0.2, 0) is 0 Å². The zero-order chi connectivity index (χ0) is 16.4. The second-order valence-electron chi connectivity index (χ2n) is 9.23. The first kappa shape index (κ1) is 16.3. The quantitative estimate of drug-likeness (QED) is 0.712. The van der Waals surface area contributed by atoms with E-state index in [0.717, 1.165) is 31.3 Å². The third-order valence-electron chi connectivity index (χ3n) is 7.45. The van der Waals surface area contributed by atoms with Gasteiger partial charge in [0.05, 0.1) is 11.7 Å². The Morgan fingerprint density at radius 1 is 1.14 bits per heavy atom. The van der Waals surface area contributed by atoms with Crippen LogP contribution in [0.1, 0.15) is 66.2 Å². The van der Waals surface area contributed by atoms with Crippen LogP contribution < -0.4 is 0 Å². The van der Waals surface area contributed by atoms with Gasteiger partial charge in [-0.3, -0.25) is 0 Å². The summed E-state index contributed by atoms with van der Waals surface area (Å²) in [5.74, 6) is 0.374. The Labute approximate surface area is 135 Å². The Kier molecular flexibility index (Phi) is 3.48. The zero-order valence-electron chi connectivity index (χ0n) is 14.7. The fourth-order valence-corrected chi connectivity index (χ4v) is 5.84. The molecule has 0 bridgehead atoms. The molecule has 2 saturated carbocycles. The largest absolute Gasteiger partial charge is 0.389 e. The molecule has 0 saturated heterocycles. The lowest BCUT2D eigenvalue weighted by molar-refractivity contribution is -0.181. The van der Waals surface area contributed by atoms with Crippen molar-refractivity contribution in [1.82, 2.24) is 0 Å². The summed E-state index contributed by atoms with van der Waals surface area (Å²) in [6, 6.07) is 0. The Morgan fingerprint density at radius 3 is 2.45 bits per heavy atom. The number of aliphatic hydroxyl groups is 2. The summed E-state index contributed by atoms with van der Waals surface area (Å²) in [4.78, 5) is 0. The van der Waals surface area contributed by atoms with Gasteiger partial charge in [0.1, 0.15) is 0 Å². The first-order valence-electron chi connectivity index (χ1n) is 8.85. The van der Waals surface area contributed by atoms with E-state index in [1.165, 1.54) is 12.8 Å². The highest BCUT2D eigenvalue weighted by Gasteiger charge is 2.63. The van der Waals surface area contributed by atoms with Gasteiger partial charge in [0.2, 0.25) is 0 Å². The van der Waals surface area contributed by atoms with Crippen molar-refractivity contribution in [3.05, 3.63) is 24.3 Å². The fraction of sp³-hybridized carbons (Fsp3) is 0.800. The summed E-state index contributed by atoms with van der Waals surface area (Å²) >= 11 is 0.